The molecule has 5 rings (SSSR count). The van der Waals surface area contributed by atoms with Crippen molar-refractivity contribution in [3.8, 4) is 0 Å². The highest BCUT2D eigenvalue weighted by atomic mass is 16.7. The predicted molar refractivity (Wildman–Crippen MR) is 80.5 cm³/mol. The van der Waals surface area contributed by atoms with Gasteiger partial charge in [0.15, 0.2) is 5.78 Å². The van der Waals surface area contributed by atoms with E-state index < -0.39 is 23.6 Å². The Morgan fingerprint density at radius 2 is 2.00 bits per heavy atom. The number of methoxy groups -OCH3 is 2. The predicted octanol–water partition coefficient (Wildman–Crippen LogP) is 1.69. The van der Waals surface area contributed by atoms with Crippen LogP contribution in [-0.4, -0.2) is 38.4 Å². The van der Waals surface area contributed by atoms with E-state index in [1.54, 1.807) is 6.08 Å². The van der Waals surface area contributed by atoms with Gasteiger partial charge in [-0.15, -0.1) is 0 Å². The first-order valence-electron chi connectivity index (χ1n) is 7.72. The van der Waals surface area contributed by atoms with Crippen LogP contribution in [0.25, 0.3) is 0 Å². The van der Waals surface area contributed by atoms with Crippen molar-refractivity contribution in [1.29, 1.82) is 0 Å². The fraction of sp³-hybridized carbons (Fsp3) is 0.444. The van der Waals surface area contributed by atoms with Gasteiger partial charge in [0.2, 0.25) is 5.79 Å². The number of ketones is 1. The molecule has 1 saturated heterocycles. The molecule has 2 fully saturated rings. The molecule has 5 heteroatoms. The van der Waals surface area contributed by atoms with Gasteiger partial charge in [-0.2, -0.15) is 0 Å². The minimum atomic E-state index is -1.33. The number of carbonyl (C=O) groups excluding carboxylic acids is 2. The summed E-state index contributed by atoms with van der Waals surface area (Å²) in [6.45, 7) is 0.397. The summed E-state index contributed by atoms with van der Waals surface area (Å²) in [5.74, 6) is -2.64. The summed E-state index contributed by atoms with van der Waals surface area (Å²) < 4.78 is 16.2. The molecule has 4 bridgehead atoms. The van der Waals surface area contributed by atoms with Crippen LogP contribution in [0.2, 0.25) is 0 Å². The number of benzene rings is 1. The minimum Gasteiger partial charge on any atom is -0.466 e. The van der Waals surface area contributed by atoms with Crippen molar-refractivity contribution in [3.05, 3.63) is 47.5 Å². The van der Waals surface area contributed by atoms with Crippen LogP contribution < -0.4 is 0 Å². The molecule has 120 valence electrons. The average molecular weight is 314 g/mol. The van der Waals surface area contributed by atoms with E-state index in [0.29, 0.717) is 12.2 Å². The van der Waals surface area contributed by atoms with Crippen LogP contribution in [0, 0.1) is 17.8 Å². The molecule has 1 aromatic rings. The monoisotopic (exact) mass is 314 g/mol. The second-order valence-electron chi connectivity index (χ2n) is 6.26. The van der Waals surface area contributed by atoms with E-state index in [-0.39, 0.29) is 17.6 Å². The first kappa shape index (κ1) is 14.6. The fourth-order valence-electron chi connectivity index (χ4n) is 4.53. The van der Waals surface area contributed by atoms with Gasteiger partial charge in [-0.25, -0.2) is 4.79 Å². The Hall–Kier alpha value is -1.98. The number of carbonyl (C=O) groups is 2. The van der Waals surface area contributed by atoms with Gasteiger partial charge in [0, 0.05) is 30.4 Å². The zero-order chi connectivity index (χ0) is 16.2. The Morgan fingerprint density at radius 3 is 2.65 bits per heavy atom. The Labute approximate surface area is 134 Å². The van der Waals surface area contributed by atoms with Crippen molar-refractivity contribution in [2.24, 2.45) is 17.8 Å². The SMILES string of the molecule is COC(=O)C1=CC2C(=O)C3(OC)OCC(C2c2ccccc2)C13. The number of esters is 1. The van der Waals surface area contributed by atoms with Gasteiger partial charge in [-0.1, -0.05) is 36.4 Å². The van der Waals surface area contributed by atoms with Gasteiger partial charge in [0.05, 0.1) is 19.6 Å². The van der Waals surface area contributed by atoms with E-state index >= 15 is 0 Å². The normalized spacial score (nSPS) is 37.7. The Balaban J connectivity index is 1.87. The van der Waals surface area contributed by atoms with Crippen molar-refractivity contribution < 1.29 is 23.8 Å². The molecule has 5 unspecified atom stereocenters. The first-order chi connectivity index (χ1) is 11.1. The van der Waals surface area contributed by atoms with Crippen molar-refractivity contribution in [2.75, 3.05) is 20.8 Å². The topological polar surface area (TPSA) is 61.8 Å². The Morgan fingerprint density at radius 1 is 1.26 bits per heavy atom. The van der Waals surface area contributed by atoms with Gasteiger partial charge in [-0.3, -0.25) is 4.79 Å². The molecule has 0 N–H and O–H groups in total. The van der Waals surface area contributed by atoms with Crippen LogP contribution in [0.1, 0.15) is 11.5 Å². The second kappa shape index (κ2) is 5.01. The molecule has 1 aromatic carbocycles. The number of ether oxygens (including phenoxy) is 3. The van der Waals surface area contributed by atoms with Gasteiger partial charge < -0.3 is 14.2 Å². The van der Waals surface area contributed by atoms with Crippen molar-refractivity contribution >= 4 is 11.8 Å². The third-order valence-electron chi connectivity index (χ3n) is 5.43. The van der Waals surface area contributed by atoms with E-state index in [1.165, 1.54) is 14.2 Å². The van der Waals surface area contributed by atoms with E-state index in [2.05, 4.69) is 0 Å². The molecule has 1 aliphatic heterocycles. The molecular formula is C18H18O5. The Bertz CT molecular complexity index is 695. The van der Waals surface area contributed by atoms with Crippen molar-refractivity contribution in [3.63, 3.8) is 0 Å². The summed E-state index contributed by atoms with van der Waals surface area (Å²) in [7, 11) is 2.82. The molecule has 0 amide bonds. The molecule has 3 aliphatic carbocycles. The van der Waals surface area contributed by atoms with E-state index in [0.717, 1.165) is 5.56 Å². The van der Waals surface area contributed by atoms with Crippen LogP contribution in [0.15, 0.2) is 42.0 Å². The largest absolute Gasteiger partial charge is 0.466 e. The molecule has 23 heavy (non-hydrogen) atoms. The lowest BCUT2D eigenvalue weighted by molar-refractivity contribution is -0.217. The number of hydrogen-bond acceptors (Lipinski definition) is 5. The van der Waals surface area contributed by atoms with Gasteiger partial charge >= 0.3 is 5.97 Å². The number of rotatable bonds is 3. The summed E-state index contributed by atoms with van der Waals surface area (Å²) in [5, 5.41) is 0. The lowest BCUT2D eigenvalue weighted by atomic mass is 9.56. The standard InChI is InChI=1S/C18H18O5/c1-21-17(20)12-8-11-14(10-6-4-3-5-7-10)13-9-23-18(22-2,15(12)13)16(11)19/h3-8,11,13-15H,9H2,1-2H3. The minimum absolute atomic E-state index is 0.00730. The van der Waals surface area contributed by atoms with Gasteiger partial charge in [-0.05, 0) is 5.56 Å². The molecule has 1 saturated carbocycles. The molecule has 0 radical (unpaired) electrons. The molecule has 5 nitrogen and oxygen atoms in total. The number of allylic oxidation sites excluding steroid dienone is 1. The van der Waals surface area contributed by atoms with Crippen molar-refractivity contribution in [1.82, 2.24) is 0 Å². The molecule has 0 spiro atoms. The zero-order valence-electron chi connectivity index (χ0n) is 13.0. The number of hydrogen-bond donors (Lipinski definition) is 0. The lowest BCUT2D eigenvalue weighted by Crippen LogP contribution is -2.59. The zero-order valence-corrected chi connectivity index (χ0v) is 13.0. The summed E-state index contributed by atoms with van der Waals surface area (Å²) in [6, 6.07) is 9.93. The van der Waals surface area contributed by atoms with Gasteiger partial charge in [0.1, 0.15) is 0 Å². The molecular weight excluding hydrogens is 296 g/mol. The highest BCUT2D eigenvalue weighted by Crippen LogP contribution is 2.60. The van der Waals surface area contributed by atoms with Crippen molar-refractivity contribution in [2.45, 2.75) is 11.7 Å². The summed E-state index contributed by atoms with van der Waals surface area (Å²) in [6.07, 6.45) is 1.76. The first-order valence-corrected chi connectivity index (χ1v) is 7.72. The maximum Gasteiger partial charge on any atom is 0.333 e. The maximum absolute atomic E-state index is 13.0. The molecule has 1 heterocycles. The van der Waals surface area contributed by atoms with Crippen LogP contribution in [0.5, 0.6) is 0 Å². The summed E-state index contributed by atoms with van der Waals surface area (Å²) in [5.41, 5.74) is 1.60. The molecule has 0 aromatic heterocycles. The fourth-order valence-corrected chi connectivity index (χ4v) is 4.53. The second-order valence-corrected chi connectivity index (χ2v) is 6.26. The third kappa shape index (κ3) is 1.75. The van der Waals surface area contributed by atoms with Crippen LogP contribution in [0.4, 0.5) is 0 Å². The average Bonchev–Trinajstić information content (AvgIpc) is 2.96. The van der Waals surface area contributed by atoms with Crippen LogP contribution >= 0.6 is 0 Å². The summed E-state index contributed by atoms with van der Waals surface area (Å²) >= 11 is 0. The highest BCUT2D eigenvalue weighted by molar-refractivity contribution is 6.01. The van der Waals surface area contributed by atoms with E-state index in [4.69, 9.17) is 14.2 Å². The summed E-state index contributed by atoms with van der Waals surface area (Å²) in [4.78, 5) is 25.2. The van der Waals surface area contributed by atoms with E-state index in [9.17, 15) is 9.59 Å². The quantitative estimate of drug-likeness (QED) is 0.795. The van der Waals surface area contributed by atoms with Gasteiger partial charge in [0.25, 0.3) is 0 Å². The lowest BCUT2D eigenvalue weighted by Gasteiger charge is -2.48. The smallest absolute Gasteiger partial charge is 0.333 e. The van der Waals surface area contributed by atoms with Crippen LogP contribution in [0.3, 0.4) is 0 Å². The highest BCUT2D eigenvalue weighted by Gasteiger charge is 2.69. The third-order valence-corrected chi connectivity index (χ3v) is 5.43. The number of Topliss-reactive ketones (excluding diaryl/α,β-unsaturated/α-hetero) is 1. The van der Waals surface area contributed by atoms with E-state index in [1.807, 2.05) is 30.3 Å². The van der Waals surface area contributed by atoms with Crippen LogP contribution in [-0.2, 0) is 23.8 Å². The molecule has 4 aliphatic rings. The maximum atomic E-state index is 13.0. The Kier molecular flexibility index (Phi) is 3.18. The molecule has 5 atom stereocenters.